The number of imide groups is 1. The summed E-state index contributed by atoms with van der Waals surface area (Å²) in [5.41, 5.74) is 2.75. The van der Waals surface area contributed by atoms with Crippen molar-refractivity contribution in [2.45, 2.75) is 77.3 Å². The number of aryl methyl sites for hydroxylation is 2. The lowest BCUT2D eigenvalue weighted by Crippen LogP contribution is -2.55. The number of piperidine rings is 1. The maximum absolute atomic E-state index is 13.0. The van der Waals surface area contributed by atoms with Crippen LogP contribution in [0.25, 0.3) is 11.0 Å². The van der Waals surface area contributed by atoms with Crippen LogP contribution in [0.1, 0.15) is 70.9 Å². The third-order valence-electron chi connectivity index (χ3n) is 8.57. The van der Waals surface area contributed by atoms with Gasteiger partial charge >= 0.3 is 11.8 Å². The summed E-state index contributed by atoms with van der Waals surface area (Å²) < 4.78 is 3.09. The lowest BCUT2D eigenvalue weighted by atomic mass is 9.69. The Kier molecular flexibility index (Phi) is 8.91. The Hall–Kier alpha value is -3.66. The van der Waals surface area contributed by atoms with Gasteiger partial charge in [0.05, 0.1) is 16.6 Å². The number of imidazole rings is 1. The second kappa shape index (κ2) is 12.1. The molecule has 1 aliphatic heterocycles. The maximum atomic E-state index is 13.0. The van der Waals surface area contributed by atoms with E-state index in [9.17, 15) is 24.3 Å². The fourth-order valence-electron chi connectivity index (χ4n) is 5.89. The van der Waals surface area contributed by atoms with Crippen LogP contribution in [0.3, 0.4) is 0 Å². The smallest absolute Gasteiger partial charge is 0.405 e. The van der Waals surface area contributed by atoms with Crippen LogP contribution in [-0.4, -0.2) is 62.7 Å². The Morgan fingerprint density at radius 3 is 2.56 bits per heavy atom. The third-order valence-corrected chi connectivity index (χ3v) is 8.57. The van der Waals surface area contributed by atoms with Crippen molar-refractivity contribution in [1.82, 2.24) is 24.7 Å². The predicted octanol–water partition coefficient (Wildman–Crippen LogP) is 3.90. The molecule has 1 aromatic carbocycles. The number of aromatic nitrogens is 2. The van der Waals surface area contributed by atoms with Crippen molar-refractivity contribution in [3.05, 3.63) is 58.0 Å². The van der Waals surface area contributed by atoms with Gasteiger partial charge in [0.2, 0.25) is 11.8 Å². The molecule has 10 heteroatoms. The lowest BCUT2D eigenvalue weighted by molar-refractivity contribution is -0.135. The molecule has 3 N–H and O–H groups in total. The summed E-state index contributed by atoms with van der Waals surface area (Å²) in [4.78, 5) is 50.6. The Morgan fingerprint density at radius 2 is 1.93 bits per heavy atom. The molecule has 1 saturated heterocycles. The number of nitrogens with zero attached hydrogens (tertiary/aromatic N) is 3. The zero-order chi connectivity index (χ0) is 29.9. The molecule has 3 amide bonds. The first-order chi connectivity index (χ1) is 19.3. The lowest BCUT2D eigenvalue weighted by Gasteiger charge is -2.43. The van der Waals surface area contributed by atoms with Crippen molar-refractivity contribution in [2.24, 2.45) is 12.5 Å². The molecule has 0 saturated carbocycles. The summed E-state index contributed by atoms with van der Waals surface area (Å²) in [6.07, 6.45) is 10.5. The van der Waals surface area contributed by atoms with E-state index in [4.69, 9.17) is 0 Å². The molecular weight excluding hydrogens is 522 g/mol. The highest BCUT2D eigenvalue weighted by atomic mass is 16.4. The van der Waals surface area contributed by atoms with Crippen LogP contribution >= 0.6 is 0 Å². The highest BCUT2D eigenvalue weighted by Crippen LogP contribution is 2.38. The summed E-state index contributed by atoms with van der Waals surface area (Å²) in [7, 11) is 3.83. The molecule has 222 valence electrons. The molecular formula is C31H43N5O5. The van der Waals surface area contributed by atoms with Gasteiger partial charge in [0, 0.05) is 20.0 Å². The number of nitrogens with one attached hydrogen (secondary N) is 2. The largest absolute Gasteiger partial charge is 0.465 e. The van der Waals surface area contributed by atoms with Crippen LogP contribution in [0.4, 0.5) is 4.79 Å². The fourth-order valence-corrected chi connectivity index (χ4v) is 5.89. The van der Waals surface area contributed by atoms with Gasteiger partial charge in [0.1, 0.15) is 6.04 Å². The van der Waals surface area contributed by atoms with E-state index in [1.54, 1.807) is 11.6 Å². The normalized spacial score (nSPS) is 21.3. The first-order valence-electron chi connectivity index (χ1n) is 14.4. The van der Waals surface area contributed by atoms with Gasteiger partial charge in [0.15, 0.2) is 0 Å². The Balaban J connectivity index is 1.26. The third kappa shape index (κ3) is 6.64. The van der Waals surface area contributed by atoms with Crippen LogP contribution in [0, 0.1) is 5.41 Å². The summed E-state index contributed by atoms with van der Waals surface area (Å²) in [6, 6.07) is 5.29. The number of carboxylic acid groups (broad SMARTS) is 1. The first-order valence-corrected chi connectivity index (χ1v) is 14.4. The number of hydrogen-bond acceptors (Lipinski definition) is 5. The number of amides is 3. The monoisotopic (exact) mass is 565 g/mol. The van der Waals surface area contributed by atoms with Crippen LogP contribution in [-0.2, 0) is 23.1 Å². The number of hydrogen-bond donors (Lipinski definition) is 3. The standard InChI is InChI=1S/C31H43N5O5/c1-30(2,3)31(33-28(39)40)16-14-22(15-17-31)20-34(4)18-8-6-7-9-21-10-11-23-25(19-21)35(5)29(41)36(23)24-12-13-26(37)32-27(24)38/h10-11,14-16,19,24,33H,6-9,12-13,17-18,20H2,1-5H3,(H,39,40)(H,32,37,38). The molecule has 1 aromatic heterocycles. The van der Waals surface area contributed by atoms with E-state index < -0.39 is 23.6 Å². The molecule has 2 atom stereocenters. The van der Waals surface area contributed by atoms with E-state index in [2.05, 4.69) is 55.5 Å². The van der Waals surface area contributed by atoms with Crippen molar-refractivity contribution in [3.8, 4) is 0 Å². The Morgan fingerprint density at radius 1 is 1.17 bits per heavy atom. The number of fused-ring (bicyclic) bond motifs is 1. The van der Waals surface area contributed by atoms with Crippen LogP contribution in [0.5, 0.6) is 0 Å². The van der Waals surface area contributed by atoms with Crippen molar-refractivity contribution >= 4 is 28.9 Å². The number of benzene rings is 1. The van der Waals surface area contributed by atoms with Crippen LogP contribution in [0.2, 0.25) is 0 Å². The van der Waals surface area contributed by atoms with E-state index in [0.29, 0.717) is 18.4 Å². The van der Waals surface area contributed by atoms with E-state index in [-0.39, 0.29) is 23.4 Å². The summed E-state index contributed by atoms with van der Waals surface area (Å²) in [5, 5.41) is 14.4. The van der Waals surface area contributed by atoms with Gasteiger partial charge in [-0.15, -0.1) is 0 Å². The average molecular weight is 566 g/mol. The molecule has 10 nitrogen and oxygen atoms in total. The molecule has 2 aliphatic rings. The molecule has 0 radical (unpaired) electrons. The molecule has 1 aliphatic carbocycles. The Labute approximate surface area is 241 Å². The van der Waals surface area contributed by atoms with Crippen molar-refractivity contribution in [3.63, 3.8) is 0 Å². The summed E-state index contributed by atoms with van der Waals surface area (Å²) >= 11 is 0. The van der Waals surface area contributed by atoms with Gasteiger partial charge in [-0.05, 0) is 74.4 Å². The molecule has 4 rings (SSSR count). The minimum atomic E-state index is -1.01. The van der Waals surface area contributed by atoms with E-state index in [0.717, 1.165) is 49.9 Å². The SMILES string of the molecule is CN(CCCCCc1ccc2c(c1)n(C)c(=O)n2C1CCC(=O)NC1=O)CC1=CCC(NC(=O)O)(C(C)(C)C)C=C1. The van der Waals surface area contributed by atoms with Gasteiger partial charge < -0.3 is 15.3 Å². The van der Waals surface area contributed by atoms with Gasteiger partial charge in [-0.1, -0.05) is 51.5 Å². The van der Waals surface area contributed by atoms with Gasteiger partial charge in [-0.25, -0.2) is 9.59 Å². The van der Waals surface area contributed by atoms with Crippen molar-refractivity contribution < 1.29 is 19.5 Å². The van der Waals surface area contributed by atoms with Gasteiger partial charge in [0.25, 0.3) is 0 Å². The molecule has 2 unspecified atom stereocenters. The van der Waals surface area contributed by atoms with Gasteiger partial charge in [-0.3, -0.25) is 24.0 Å². The summed E-state index contributed by atoms with van der Waals surface area (Å²) in [6.45, 7) is 7.93. The molecule has 41 heavy (non-hydrogen) atoms. The zero-order valence-corrected chi connectivity index (χ0v) is 24.8. The predicted molar refractivity (Wildman–Crippen MR) is 159 cm³/mol. The Bertz CT molecular complexity index is 1440. The number of carbonyl (C=O) groups excluding carboxylic acids is 2. The van der Waals surface area contributed by atoms with E-state index >= 15 is 0 Å². The van der Waals surface area contributed by atoms with Gasteiger partial charge in [-0.2, -0.15) is 0 Å². The molecule has 1 fully saturated rings. The second-order valence-corrected chi connectivity index (χ2v) is 12.5. The first kappa shape index (κ1) is 30.3. The minimum Gasteiger partial charge on any atom is -0.465 e. The highest BCUT2D eigenvalue weighted by Gasteiger charge is 2.41. The quantitative estimate of drug-likeness (QED) is 0.296. The maximum Gasteiger partial charge on any atom is 0.405 e. The second-order valence-electron chi connectivity index (χ2n) is 12.5. The number of rotatable bonds is 10. The van der Waals surface area contributed by atoms with Crippen LogP contribution < -0.4 is 16.3 Å². The highest BCUT2D eigenvalue weighted by molar-refractivity contribution is 6.00. The summed E-state index contributed by atoms with van der Waals surface area (Å²) in [5.74, 6) is -0.720. The van der Waals surface area contributed by atoms with Crippen molar-refractivity contribution in [2.75, 3.05) is 20.1 Å². The van der Waals surface area contributed by atoms with E-state index in [1.807, 2.05) is 24.3 Å². The molecule has 0 spiro atoms. The van der Waals surface area contributed by atoms with Crippen molar-refractivity contribution in [1.29, 1.82) is 0 Å². The minimum absolute atomic E-state index is 0.225. The molecule has 0 bridgehead atoms. The number of unbranched alkanes of at least 4 members (excludes halogenated alkanes) is 2. The number of likely N-dealkylation sites (N-methyl/N-ethyl adjacent to an activating group) is 1. The topological polar surface area (TPSA) is 126 Å². The fraction of sp³-hybridized carbons (Fsp3) is 0.548. The van der Waals surface area contributed by atoms with Crippen LogP contribution in [0.15, 0.2) is 46.8 Å². The van der Waals surface area contributed by atoms with E-state index in [1.165, 1.54) is 10.1 Å². The molecule has 2 heterocycles. The zero-order valence-electron chi connectivity index (χ0n) is 24.8. The molecule has 2 aromatic rings. The average Bonchev–Trinajstić information content (AvgIpc) is 3.13. The number of carbonyl (C=O) groups is 3.